The van der Waals surface area contributed by atoms with Crippen LogP contribution in [0.5, 0.6) is 0 Å². The molecule has 78 valence electrons. The molecule has 1 aromatic carbocycles. The molecule has 0 aliphatic carbocycles. The van der Waals surface area contributed by atoms with Crippen LogP contribution in [0.25, 0.3) is 5.57 Å². The number of carbonyl (C=O) groups is 1. The van der Waals surface area contributed by atoms with Crippen molar-refractivity contribution in [1.82, 2.24) is 0 Å². The topological polar surface area (TPSA) is 71.4 Å². The predicted octanol–water partition coefficient (Wildman–Crippen LogP) is 1.04. The molecule has 15 heavy (non-hydrogen) atoms. The van der Waals surface area contributed by atoms with Crippen LogP contribution < -0.4 is 0 Å². The van der Waals surface area contributed by atoms with Crippen molar-refractivity contribution in [3.05, 3.63) is 35.0 Å². The van der Waals surface area contributed by atoms with E-state index in [1.54, 1.807) is 0 Å². The molecule has 0 saturated heterocycles. The van der Waals surface area contributed by atoms with E-state index in [1.807, 2.05) is 0 Å². The van der Waals surface area contributed by atoms with Gasteiger partial charge in [0.25, 0.3) is 0 Å². The summed E-state index contributed by atoms with van der Waals surface area (Å²) in [7, 11) is -3.95. The SMILES string of the molecule is O=C(O)C1=CS(=O)(=O)c2c(F)cccc21. The first-order valence-corrected chi connectivity index (χ1v) is 5.47. The number of carboxylic acid groups (broad SMARTS) is 1. The quantitative estimate of drug-likeness (QED) is 0.779. The lowest BCUT2D eigenvalue weighted by atomic mass is 10.1. The monoisotopic (exact) mass is 228 g/mol. The van der Waals surface area contributed by atoms with Crippen LogP contribution in [-0.4, -0.2) is 19.5 Å². The number of halogens is 1. The summed E-state index contributed by atoms with van der Waals surface area (Å²) in [5.74, 6) is -2.32. The van der Waals surface area contributed by atoms with Gasteiger partial charge in [-0.15, -0.1) is 0 Å². The van der Waals surface area contributed by atoms with Crippen LogP contribution in [0.1, 0.15) is 5.56 Å². The van der Waals surface area contributed by atoms with Gasteiger partial charge >= 0.3 is 5.97 Å². The van der Waals surface area contributed by atoms with E-state index in [2.05, 4.69) is 0 Å². The molecular formula is C9H5FO4S. The number of aliphatic carboxylic acids is 1. The molecule has 0 amide bonds. The van der Waals surface area contributed by atoms with Gasteiger partial charge in [-0.3, -0.25) is 0 Å². The minimum atomic E-state index is -3.95. The first kappa shape index (κ1) is 9.85. The number of hydrogen-bond acceptors (Lipinski definition) is 3. The Morgan fingerprint density at radius 2 is 2.00 bits per heavy atom. The van der Waals surface area contributed by atoms with Crippen LogP contribution in [0.4, 0.5) is 4.39 Å². The normalized spacial score (nSPS) is 17.0. The molecule has 1 aromatic rings. The molecule has 1 N–H and O–H groups in total. The van der Waals surface area contributed by atoms with Gasteiger partial charge in [0.2, 0.25) is 9.84 Å². The lowest BCUT2D eigenvalue weighted by Crippen LogP contribution is -1.99. The first-order chi connectivity index (χ1) is 6.93. The zero-order valence-corrected chi connectivity index (χ0v) is 8.08. The van der Waals surface area contributed by atoms with Crippen LogP contribution in [-0.2, 0) is 14.6 Å². The zero-order valence-electron chi connectivity index (χ0n) is 7.27. The van der Waals surface area contributed by atoms with E-state index in [1.165, 1.54) is 12.1 Å². The Bertz CT molecular complexity index is 586. The second-order valence-corrected chi connectivity index (χ2v) is 4.73. The lowest BCUT2D eigenvalue weighted by molar-refractivity contribution is -0.130. The van der Waals surface area contributed by atoms with E-state index in [9.17, 15) is 17.6 Å². The molecule has 0 atom stereocenters. The van der Waals surface area contributed by atoms with Gasteiger partial charge in [0.05, 0.1) is 11.0 Å². The summed E-state index contributed by atoms with van der Waals surface area (Å²) >= 11 is 0. The fraction of sp³-hybridized carbons (Fsp3) is 0. The Morgan fingerprint density at radius 3 is 2.60 bits per heavy atom. The maximum Gasteiger partial charge on any atom is 0.337 e. The van der Waals surface area contributed by atoms with Gasteiger partial charge in [0.1, 0.15) is 10.7 Å². The van der Waals surface area contributed by atoms with Crippen molar-refractivity contribution in [2.45, 2.75) is 4.90 Å². The van der Waals surface area contributed by atoms with Crippen molar-refractivity contribution in [2.75, 3.05) is 0 Å². The number of carboxylic acids is 1. The van der Waals surface area contributed by atoms with Gasteiger partial charge in [0, 0.05) is 5.56 Å². The van der Waals surface area contributed by atoms with E-state index in [0.717, 1.165) is 6.07 Å². The van der Waals surface area contributed by atoms with Gasteiger partial charge in [-0.2, -0.15) is 0 Å². The van der Waals surface area contributed by atoms with Crippen LogP contribution >= 0.6 is 0 Å². The summed E-state index contributed by atoms with van der Waals surface area (Å²) in [5.41, 5.74) is -0.494. The first-order valence-electron chi connectivity index (χ1n) is 3.92. The van der Waals surface area contributed by atoms with Gasteiger partial charge < -0.3 is 5.11 Å². The molecule has 6 heteroatoms. The van der Waals surface area contributed by atoms with Crippen molar-refractivity contribution in [1.29, 1.82) is 0 Å². The molecule has 1 aliphatic heterocycles. The Balaban J connectivity index is 2.85. The Morgan fingerprint density at radius 1 is 1.33 bits per heavy atom. The van der Waals surface area contributed by atoms with E-state index in [-0.39, 0.29) is 5.56 Å². The fourth-order valence-electron chi connectivity index (χ4n) is 1.45. The summed E-state index contributed by atoms with van der Waals surface area (Å²) in [6, 6.07) is 3.52. The van der Waals surface area contributed by atoms with Crippen molar-refractivity contribution in [2.24, 2.45) is 0 Å². The third kappa shape index (κ3) is 1.33. The third-order valence-corrected chi connectivity index (χ3v) is 3.58. The van der Waals surface area contributed by atoms with Crippen LogP contribution in [0.15, 0.2) is 28.5 Å². The van der Waals surface area contributed by atoms with Gasteiger partial charge in [-0.1, -0.05) is 12.1 Å². The lowest BCUT2D eigenvalue weighted by Gasteiger charge is -2.00. The van der Waals surface area contributed by atoms with E-state index in [4.69, 9.17) is 5.11 Å². The number of benzene rings is 1. The molecule has 0 bridgehead atoms. The molecule has 0 spiro atoms. The summed E-state index contributed by atoms with van der Waals surface area (Å²) in [5, 5.41) is 9.30. The van der Waals surface area contributed by atoms with Crippen LogP contribution in [0.2, 0.25) is 0 Å². The van der Waals surface area contributed by atoms with Crippen molar-refractivity contribution < 1.29 is 22.7 Å². The van der Waals surface area contributed by atoms with Crippen LogP contribution in [0, 0.1) is 5.82 Å². The Hall–Kier alpha value is -1.69. The molecule has 0 radical (unpaired) electrons. The average molecular weight is 228 g/mol. The third-order valence-electron chi connectivity index (χ3n) is 2.05. The highest BCUT2D eigenvalue weighted by molar-refractivity contribution is 7.95. The smallest absolute Gasteiger partial charge is 0.337 e. The Kier molecular flexibility index (Phi) is 1.90. The van der Waals surface area contributed by atoms with E-state index >= 15 is 0 Å². The molecule has 1 heterocycles. The highest BCUT2D eigenvalue weighted by Crippen LogP contribution is 2.34. The molecule has 1 aliphatic rings. The summed E-state index contributed by atoms with van der Waals surface area (Å²) in [6.07, 6.45) is 0. The van der Waals surface area contributed by atoms with Gasteiger partial charge in [-0.05, 0) is 6.07 Å². The fourth-order valence-corrected chi connectivity index (χ4v) is 2.93. The molecule has 4 nitrogen and oxygen atoms in total. The van der Waals surface area contributed by atoms with Crippen molar-refractivity contribution in [3.63, 3.8) is 0 Å². The molecule has 0 aromatic heterocycles. The minimum absolute atomic E-state index is 0.0949. The van der Waals surface area contributed by atoms with Crippen LogP contribution in [0.3, 0.4) is 0 Å². The second kappa shape index (κ2) is 2.90. The summed E-state index contributed by atoms with van der Waals surface area (Å²) in [6.45, 7) is 0. The zero-order chi connectivity index (χ0) is 11.2. The second-order valence-electron chi connectivity index (χ2n) is 3.00. The predicted molar refractivity (Wildman–Crippen MR) is 49.2 cm³/mol. The summed E-state index contributed by atoms with van der Waals surface area (Å²) < 4.78 is 36.0. The minimum Gasteiger partial charge on any atom is -0.478 e. The number of rotatable bonds is 1. The number of sulfone groups is 1. The average Bonchev–Trinajstić information content (AvgIpc) is 2.39. The van der Waals surface area contributed by atoms with Gasteiger partial charge in [0.15, 0.2) is 0 Å². The number of hydrogen-bond donors (Lipinski definition) is 1. The highest BCUT2D eigenvalue weighted by Gasteiger charge is 2.33. The molecular weight excluding hydrogens is 223 g/mol. The van der Waals surface area contributed by atoms with Gasteiger partial charge in [-0.25, -0.2) is 17.6 Å². The molecule has 0 saturated carbocycles. The highest BCUT2D eigenvalue weighted by atomic mass is 32.2. The Labute approximate surface area is 84.6 Å². The maximum atomic E-state index is 13.2. The standard InChI is InChI=1S/C9H5FO4S/c10-7-3-1-2-5-6(9(11)12)4-15(13,14)8(5)7/h1-4H,(H,11,12). The molecule has 2 rings (SSSR count). The maximum absolute atomic E-state index is 13.2. The number of fused-ring (bicyclic) bond motifs is 1. The van der Waals surface area contributed by atoms with Crippen molar-refractivity contribution >= 4 is 21.4 Å². The largest absolute Gasteiger partial charge is 0.478 e. The van der Waals surface area contributed by atoms with E-state index in [0.29, 0.717) is 5.41 Å². The van der Waals surface area contributed by atoms with E-state index < -0.39 is 32.1 Å². The molecule has 0 fully saturated rings. The van der Waals surface area contributed by atoms with Crippen molar-refractivity contribution in [3.8, 4) is 0 Å². The molecule has 0 unspecified atom stereocenters. The summed E-state index contributed by atoms with van der Waals surface area (Å²) in [4.78, 5) is 10.2.